The largest absolute Gasteiger partial charge is 0.477 e. The average Bonchev–Trinajstić information content (AvgIpc) is 3.60. The third kappa shape index (κ3) is 5.30. The Morgan fingerprint density at radius 2 is 1.94 bits per heavy atom. The highest BCUT2D eigenvalue weighted by Gasteiger charge is 2.22. The lowest BCUT2D eigenvalue weighted by molar-refractivity contribution is -0.236. The molecule has 0 saturated heterocycles. The first-order valence-corrected chi connectivity index (χ1v) is 11.9. The highest BCUT2D eigenvalue weighted by Crippen LogP contribution is 2.29. The Bertz CT molecular complexity index is 1410. The quantitative estimate of drug-likeness (QED) is 0.304. The second-order valence-corrected chi connectivity index (χ2v) is 8.82. The van der Waals surface area contributed by atoms with Gasteiger partial charge in [-0.05, 0) is 18.6 Å². The van der Waals surface area contributed by atoms with E-state index in [0.717, 1.165) is 4.68 Å². The number of amides is 1. The third-order valence-electron chi connectivity index (χ3n) is 4.93. The zero-order valence-corrected chi connectivity index (χ0v) is 20.8. The Balaban J connectivity index is 1.52. The molecule has 4 aromatic rings. The van der Waals surface area contributed by atoms with Crippen LogP contribution in [0, 0.1) is 5.92 Å². The monoisotopic (exact) mass is 509 g/mol. The van der Waals surface area contributed by atoms with Crippen molar-refractivity contribution in [1.82, 2.24) is 29.5 Å². The molecule has 0 spiro atoms. The van der Waals surface area contributed by atoms with Gasteiger partial charge in [0, 0.05) is 31.0 Å². The predicted octanol–water partition coefficient (Wildman–Crippen LogP) is 3.72. The van der Waals surface area contributed by atoms with E-state index in [-0.39, 0.29) is 5.69 Å². The Hall–Kier alpha value is -4.39. The number of nitrogens with zero attached hydrogens (tertiary/aromatic N) is 6. The maximum absolute atomic E-state index is 13.0. The van der Waals surface area contributed by atoms with Gasteiger partial charge in [-0.25, -0.2) is 24.3 Å². The van der Waals surface area contributed by atoms with Crippen LogP contribution in [0.4, 0.5) is 10.5 Å². The molecule has 0 saturated carbocycles. The zero-order valence-electron chi connectivity index (χ0n) is 20.0. The molecule has 4 heterocycles. The van der Waals surface area contributed by atoms with Crippen molar-refractivity contribution in [2.24, 2.45) is 13.0 Å². The Kier molecular flexibility index (Phi) is 7.20. The summed E-state index contributed by atoms with van der Waals surface area (Å²) in [6, 6.07) is 5.44. The predicted molar refractivity (Wildman–Crippen MR) is 130 cm³/mol. The normalized spacial score (nSPS) is 10.9. The van der Waals surface area contributed by atoms with E-state index >= 15 is 0 Å². The fraction of sp³-hybridized carbons (Fsp3) is 0.261. The molecule has 0 radical (unpaired) electrons. The van der Waals surface area contributed by atoms with Crippen LogP contribution in [0.15, 0.2) is 42.2 Å². The molecule has 0 aliphatic heterocycles. The van der Waals surface area contributed by atoms with Crippen LogP contribution in [0.3, 0.4) is 0 Å². The van der Waals surface area contributed by atoms with Crippen LogP contribution in [-0.2, 0) is 28.0 Å². The number of nitrogens with one attached hydrogen (secondary N) is 1. The van der Waals surface area contributed by atoms with Gasteiger partial charge in [-0.15, -0.1) is 11.3 Å². The summed E-state index contributed by atoms with van der Waals surface area (Å²) in [6.45, 7) is 5.09. The summed E-state index contributed by atoms with van der Waals surface area (Å²) in [5, 5.41) is 13.5. The van der Waals surface area contributed by atoms with Crippen molar-refractivity contribution in [2.45, 2.75) is 27.2 Å². The molecule has 12 nitrogen and oxygen atoms in total. The topological polar surface area (TPSA) is 143 Å². The van der Waals surface area contributed by atoms with Crippen LogP contribution >= 0.6 is 11.3 Å². The van der Waals surface area contributed by atoms with E-state index in [4.69, 9.17) is 0 Å². The minimum Gasteiger partial charge on any atom is -0.317 e. The Labute approximate surface area is 209 Å². The van der Waals surface area contributed by atoms with Gasteiger partial charge in [0.05, 0.1) is 28.6 Å². The second kappa shape index (κ2) is 10.5. The van der Waals surface area contributed by atoms with E-state index in [1.807, 2.05) is 13.0 Å². The van der Waals surface area contributed by atoms with Gasteiger partial charge in [0.1, 0.15) is 16.4 Å². The van der Waals surface area contributed by atoms with Gasteiger partial charge >= 0.3 is 12.1 Å². The maximum Gasteiger partial charge on any atom is 0.477 e. The van der Waals surface area contributed by atoms with E-state index in [2.05, 4.69) is 35.3 Å². The summed E-state index contributed by atoms with van der Waals surface area (Å²) in [7, 11) is 1.75. The molecule has 0 atom stereocenters. The highest BCUT2D eigenvalue weighted by atomic mass is 32.1. The zero-order chi connectivity index (χ0) is 25.8. The summed E-state index contributed by atoms with van der Waals surface area (Å²) in [5.41, 5.74) is 2.97. The minimum atomic E-state index is -0.974. The fourth-order valence-electron chi connectivity index (χ4n) is 3.11. The van der Waals surface area contributed by atoms with Crippen LogP contribution in [0.2, 0.25) is 0 Å². The van der Waals surface area contributed by atoms with Crippen molar-refractivity contribution in [3.8, 4) is 22.0 Å². The maximum atomic E-state index is 13.0. The molecule has 0 aliphatic rings. The lowest BCUT2D eigenvalue weighted by Crippen LogP contribution is -2.19. The average molecular weight is 510 g/mol. The molecule has 0 bridgehead atoms. The second-order valence-electron chi connectivity index (χ2n) is 7.97. The van der Waals surface area contributed by atoms with Gasteiger partial charge in [0.15, 0.2) is 0 Å². The number of carbonyl (C=O) groups is 3. The number of hydrogen-bond acceptors (Lipinski definition) is 10. The molecule has 1 amide bonds. The van der Waals surface area contributed by atoms with Crippen molar-refractivity contribution in [2.75, 3.05) is 5.32 Å². The molecule has 13 heteroatoms. The summed E-state index contributed by atoms with van der Waals surface area (Å²) in [6.07, 6.45) is 4.28. The van der Waals surface area contributed by atoms with Crippen LogP contribution in [-0.4, -0.2) is 47.5 Å². The molecule has 4 aromatic heterocycles. The first-order chi connectivity index (χ1) is 17.3. The lowest BCUT2D eigenvalue weighted by Gasteiger charge is -2.04. The SMILES string of the molecule is CCc1nn(C(=O)OOC(=O)C(C)C)cc1-c1nc(C(=O)Nc2cn(C)nc2-c2ccccn2)cs1. The van der Waals surface area contributed by atoms with Gasteiger partial charge in [0.25, 0.3) is 5.91 Å². The van der Waals surface area contributed by atoms with E-state index in [0.29, 0.717) is 39.8 Å². The van der Waals surface area contributed by atoms with Crippen LogP contribution in [0.1, 0.15) is 37.0 Å². The van der Waals surface area contributed by atoms with Crippen molar-refractivity contribution < 1.29 is 24.2 Å². The first-order valence-electron chi connectivity index (χ1n) is 11.0. The molecule has 0 fully saturated rings. The smallest absolute Gasteiger partial charge is 0.317 e. The number of carbonyl (C=O) groups excluding carboxylic acids is 3. The number of hydrogen-bond donors (Lipinski definition) is 1. The van der Waals surface area contributed by atoms with E-state index in [1.165, 1.54) is 17.5 Å². The first kappa shape index (κ1) is 24.7. The van der Waals surface area contributed by atoms with E-state index in [1.54, 1.807) is 55.5 Å². The fourth-order valence-corrected chi connectivity index (χ4v) is 3.95. The summed E-state index contributed by atoms with van der Waals surface area (Å²) >= 11 is 1.23. The minimum absolute atomic E-state index is 0.189. The van der Waals surface area contributed by atoms with E-state index < -0.39 is 23.9 Å². The van der Waals surface area contributed by atoms with Crippen molar-refractivity contribution in [3.63, 3.8) is 0 Å². The number of rotatable bonds is 6. The number of anilines is 1. The summed E-state index contributed by atoms with van der Waals surface area (Å²) < 4.78 is 2.52. The highest BCUT2D eigenvalue weighted by molar-refractivity contribution is 7.13. The van der Waals surface area contributed by atoms with Gasteiger partial charge in [-0.1, -0.05) is 26.8 Å². The van der Waals surface area contributed by atoms with Gasteiger partial charge in [-0.3, -0.25) is 14.5 Å². The van der Waals surface area contributed by atoms with Crippen molar-refractivity contribution >= 4 is 35.0 Å². The Morgan fingerprint density at radius 3 is 2.64 bits per heavy atom. The number of pyridine rings is 1. The van der Waals surface area contributed by atoms with Gasteiger partial charge < -0.3 is 5.32 Å². The van der Waals surface area contributed by atoms with Crippen LogP contribution in [0.25, 0.3) is 22.0 Å². The molecule has 4 rings (SSSR count). The lowest BCUT2D eigenvalue weighted by atomic mass is 10.2. The standard InChI is InChI=1S/C23H23N7O5S/c1-5-15-14(10-30(27-15)23(33)35-34-22(32)13(2)3)21-26-18(12-36-21)20(31)25-17-11-29(4)28-19(17)16-8-6-7-9-24-16/h6-13H,5H2,1-4H3,(H,25,31). The van der Waals surface area contributed by atoms with Crippen LogP contribution in [0.5, 0.6) is 0 Å². The van der Waals surface area contributed by atoms with Gasteiger partial charge in [0.2, 0.25) is 0 Å². The molecule has 1 N–H and O–H groups in total. The number of thiazole rings is 1. The summed E-state index contributed by atoms with van der Waals surface area (Å²) in [4.78, 5) is 54.6. The summed E-state index contributed by atoms with van der Waals surface area (Å²) in [5.74, 6) is -1.56. The molecular weight excluding hydrogens is 486 g/mol. The third-order valence-corrected chi connectivity index (χ3v) is 5.81. The molecule has 0 unspecified atom stereocenters. The molecule has 0 aromatic carbocycles. The molecule has 186 valence electrons. The molecule has 0 aliphatic carbocycles. The van der Waals surface area contributed by atoms with Crippen LogP contribution < -0.4 is 5.32 Å². The number of aryl methyl sites for hydroxylation is 2. The van der Waals surface area contributed by atoms with Crippen molar-refractivity contribution in [3.05, 3.63) is 53.6 Å². The number of aromatic nitrogens is 6. The van der Waals surface area contributed by atoms with Gasteiger partial charge in [-0.2, -0.15) is 14.9 Å². The molecular formula is C23H23N7O5S. The Morgan fingerprint density at radius 1 is 1.14 bits per heavy atom. The molecule has 36 heavy (non-hydrogen) atoms. The van der Waals surface area contributed by atoms with E-state index in [9.17, 15) is 14.4 Å². The van der Waals surface area contributed by atoms with Crippen molar-refractivity contribution in [1.29, 1.82) is 0 Å².